The molecule has 9 heteroatoms. The monoisotopic (exact) mass is 406 g/mol. The predicted molar refractivity (Wildman–Crippen MR) is 91.7 cm³/mol. The lowest BCUT2D eigenvalue weighted by molar-refractivity contribution is 0.0605. The molecule has 0 aliphatic heterocycles. The molecule has 3 nitrogen and oxygen atoms in total. The van der Waals surface area contributed by atoms with Gasteiger partial charge in [0, 0.05) is 17.4 Å². The van der Waals surface area contributed by atoms with Crippen molar-refractivity contribution >= 4 is 14.0 Å². The van der Waals surface area contributed by atoms with Crippen LogP contribution in [-0.2, 0) is 8.85 Å². The minimum atomic E-state index is -3.83. The summed E-state index contributed by atoms with van der Waals surface area (Å²) in [6.45, 7) is 6.80. The Morgan fingerprint density at radius 1 is 0.704 bits per heavy atom. The molecule has 0 aliphatic rings. The topological polar surface area (TPSA) is 38.7 Å². The van der Waals surface area contributed by atoms with E-state index in [0.717, 1.165) is 12.1 Å². The minimum absolute atomic E-state index is 0.234. The zero-order valence-corrected chi connectivity index (χ0v) is 16.1. The highest BCUT2D eigenvalue weighted by molar-refractivity contribution is 6.74. The van der Waals surface area contributed by atoms with E-state index in [1.165, 1.54) is 12.1 Å². The van der Waals surface area contributed by atoms with Gasteiger partial charge in [0.2, 0.25) is 5.82 Å². The summed E-state index contributed by atoms with van der Waals surface area (Å²) in [5, 5.41) is 0.234. The molecule has 0 fully saturated rings. The molecule has 1 N–H and O–H groups in total. The molecule has 0 spiro atoms. The molecule has 27 heavy (non-hydrogen) atoms. The van der Waals surface area contributed by atoms with Gasteiger partial charge in [0.1, 0.15) is 0 Å². The normalized spacial score (nSPS) is 12.3. The van der Waals surface area contributed by atoms with E-state index in [1.54, 1.807) is 27.7 Å². The van der Waals surface area contributed by atoms with Crippen LogP contribution < -0.4 is 5.19 Å². The Hall–Kier alpha value is -1.81. The molecule has 0 saturated carbocycles. The molecular weight excluding hydrogens is 387 g/mol. The second-order valence-electron chi connectivity index (χ2n) is 6.44. The van der Waals surface area contributed by atoms with Crippen LogP contribution in [0.1, 0.15) is 27.7 Å². The first-order chi connectivity index (χ1) is 12.5. The zero-order valence-electron chi connectivity index (χ0n) is 15.1. The molecule has 0 heterocycles. The van der Waals surface area contributed by atoms with Crippen LogP contribution in [0.2, 0.25) is 0 Å². The van der Waals surface area contributed by atoms with Gasteiger partial charge in [-0.2, -0.15) is 0 Å². The van der Waals surface area contributed by atoms with E-state index in [4.69, 9.17) is 8.85 Å². The van der Waals surface area contributed by atoms with Crippen molar-refractivity contribution in [3.63, 3.8) is 0 Å². The second-order valence-corrected chi connectivity index (χ2v) is 8.65. The van der Waals surface area contributed by atoms with E-state index in [9.17, 15) is 26.7 Å². The zero-order chi connectivity index (χ0) is 20.5. The van der Waals surface area contributed by atoms with Crippen LogP contribution in [0, 0.1) is 29.1 Å². The van der Waals surface area contributed by atoms with Crippen LogP contribution in [0.3, 0.4) is 0 Å². The van der Waals surface area contributed by atoms with Gasteiger partial charge in [-0.25, -0.2) is 22.0 Å². The van der Waals surface area contributed by atoms with E-state index in [-0.39, 0.29) is 23.0 Å². The van der Waals surface area contributed by atoms with Crippen LogP contribution in [0.15, 0.2) is 24.3 Å². The van der Waals surface area contributed by atoms with Crippen LogP contribution in [0.25, 0.3) is 11.1 Å². The van der Waals surface area contributed by atoms with Gasteiger partial charge < -0.3 is 13.6 Å². The highest BCUT2D eigenvalue weighted by atomic mass is 28.4. The SMILES string of the molecule is CC(C)O[Si](O)(OC(C)C)c1ccc(-c2c(F)c(F)c(F)c(F)c2F)cc1. The molecule has 2 rings (SSSR count). The van der Waals surface area contributed by atoms with Crippen molar-refractivity contribution in [1.29, 1.82) is 0 Å². The van der Waals surface area contributed by atoms with E-state index in [1.807, 2.05) is 0 Å². The summed E-state index contributed by atoms with van der Waals surface area (Å²) < 4.78 is 79.0. The Bertz CT molecular complexity index is 786. The third-order valence-electron chi connectivity index (χ3n) is 3.54. The maximum atomic E-state index is 14.0. The van der Waals surface area contributed by atoms with Crippen molar-refractivity contribution in [1.82, 2.24) is 0 Å². The van der Waals surface area contributed by atoms with Crippen molar-refractivity contribution in [2.75, 3.05) is 0 Å². The Balaban J connectivity index is 2.52. The van der Waals surface area contributed by atoms with Gasteiger partial charge in [-0.15, -0.1) is 0 Å². The van der Waals surface area contributed by atoms with Crippen molar-refractivity contribution < 1.29 is 35.6 Å². The number of rotatable bonds is 6. The number of benzene rings is 2. The molecule has 0 unspecified atom stereocenters. The Morgan fingerprint density at radius 2 is 1.07 bits per heavy atom. The minimum Gasteiger partial charge on any atom is -0.386 e. The van der Waals surface area contributed by atoms with E-state index >= 15 is 0 Å². The van der Waals surface area contributed by atoms with E-state index in [0.29, 0.717) is 0 Å². The maximum Gasteiger partial charge on any atom is 0.534 e. The third-order valence-corrected chi connectivity index (χ3v) is 6.18. The standard InChI is InChI=1S/C18H19F5O3Si/c1-9(2)25-27(24,26-10(3)4)12-7-5-11(6-8-12)13-14(19)16(21)18(23)17(22)15(13)20/h5-10,24H,1-4H3. The summed E-state index contributed by atoms with van der Waals surface area (Å²) in [5.41, 5.74) is -1.28. The molecule has 2 aromatic rings. The molecule has 2 aromatic carbocycles. The molecule has 0 aromatic heterocycles. The van der Waals surface area contributed by atoms with Crippen molar-refractivity contribution in [2.24, 2.45) is 0 Å². The smallest absolute Gasteiger partial charge is 0.386 e. The van der Waals surface area contributed by atoms with Crippen molar-refractivity contribution in [3.05, 3.63) is 53.4 Å². The Kier molecular flexibility index (Phi) is 6.41. The summed E-state index contributed by atoms with van der Waals surface area (Å²) in [7, 11) is -3.83. The van der Waals surface area contributed by atoms with Gasteiger partial charge in [0.05, 0.1) is 5.56 Å². The Morgan fingerprint density at radius 3 is 1.44 bits per heavy atom. The third kappa shape index (κ3) is 4.37. The quantitative estimate of drug-likeness (QED) is 0.341. The first kappa shape index (κ1) is 21.5. The van der Waals surface area contributed by atoms with E-state index in [2.05, 4.69) is 0 Å². The molecular formula is C18H19F5O3Si. The predicted octanol–water partition coefficient (Wildman–Crippen LogP) is 4.04. The van der Waals surface area contributed by atoms with Gasteiger partial charge in [-0.3, -0.25) is 0 Å². The first-order valence-corrected chi connectivity index (χ1v) is 9.94. The summed E-state index contributed by atoms with van der Waals surface area (Å²) in [5.74, 6) is -10.1. The summed E-state index contributed by atoms with van der Waals surface area (Å²) in [6.07, 6.45) is -0.731. The van der Waals surface area contributed by atoms with Crippen LogP contribution in [-0.4, -0.2) is 25.8 Å². The maximum absolute atomic E-state index is 14.0. The number of hydrogen-bond acceptors (Lipinski definition) is 3. The fraction of sp³-hybridized carbons (Fsp3) is 0.333. The van der Waals surface area contributed by atoms with E-state index < -0.39 is 43.5 Å². The highest BCUT2D eigenvalue weighted by Gasteiger charge is 2.42. The highest BCUT2D eigenvalue weighted by Crippen LogP contribution is 2.31. The largest absolute Gasteiger partial charge is 0.534 e. The average Bonchev–Trinajstić information content (AvgIpc) is 2.57. The molecule has 0 amide bonds. The molecule has 0 atom stereocenters. The molecule has 148 valence electrons. The summed E-state index contributed by atoms with van der Waals surface area (Å²) in [4.78, 5) is 10.8. The lowest BCUT2D eigenvalue weighted by Crippen LogP contribution is -2.56. The Labute approximate surface area is 154 Å². The average molecular weight is 406 g/mol. The van der Waals surface area contributed by atoms with Crippen LogP contribution >= 0.6 is 0 Å². The van der Waals surface area contributed by atoms with Crippen molar-refractivity contribution in [3.8, 4) is 11.1 Å². The fourth-order valence-corrected chi connectivity index (χ4v) is 4.70. The van der Waals surface area contributed by atoms with Gasteiger partial charge in [-0.1, -0.05) is 24.3 Å². The number of halogens is 5. The van der Waals surface area contributed by atoms with Gasteiger partial charge in [0.25, 0.3) is 0 Å². The lowest BCUT2D eigenvalue weighted by atomic mass is 10.0. The fourth-order valence-electron chi connectivity index (χ4n) is 2.51. The number of hydrogen-bond donors (Lipinski definition) is 1. The first-order valence-electron chi connectivity index (χ1n) is 8.18. The second kappa shape index (κ2) is 8.05. The van der Waals surface area contributed by atoms with Gasteiger partial charge >= 0.3 is 8.80 Å². The van der Waals surface area contributed by atoms with Gasteiger partial charge in [-0.05, 0) is 33.3 Å². The molecule has 0 bridgehead atoms. The lowest BCUT2D eigenvalue weighted by Gasteiger charge is -2.28. The molecule has 0 saturated heterocycles. The van der Waals surface area contributed by atoms with Crippen LogP contribution in [0.5, 0.6) is 0 Å². The molecule has 0 aliphatic carbocycles. The molecule has 0 radical (unpaired) electrons. The summed E-state index contributed by atoms with van der Waals surface area (Å²) in [6, 6.07) is 4.84. The van der Waals surface area contributed by atoms with Gasteiger partial charge in [0.15, 0.2) is 23.3 Å². The summed E-state index contributed by atoms with van der Waals surface area (Å²) >= 11 is 0. The van der Waals surface area contributed by atoms with Crippen LogP contribution in [0.4, 0.5) is 22.0 Å². The van der Waals surface area contributed by atoms with Crippen molar-refractivity contribution in [2.45, 2.75) is 39.9 Å².